The second kappa shape index (κ2) is 8.50. The molecule has 0 bridgehead atoms. The topological polar surface area (TPSA) is 97.2 Å². The molecule has 0 aromatic carbocycles. The molecule has 2 N–H and O–H groups in total. The third-order valence-electron chi connectivity index (χ3n) is 5.63. The summed E-state index contributed by atoms with van der Waals surface area (Å²) in [6.07, 6.45) is 6.95. The summed E-state index contributed by atoms with van der Waals surface area (Å²) in [4.78, 5) is 25.0. The maximum absolute atomic E-state index is 14.1. The highest BCUT2D eigenvalue weighted by molar-refractivity contribution is 5.95. The zero-order valence-corrected chi connectivity index (χ0v) is 16.9. The Balaban J connectivity index is 1.54. The summed E-state index contributed by atoms with van der Waals surface area (Å²) in [6, 6.07) is 2.59. The second-order valence-electron chi connectivity index (χ2n) is 7.74. The van der Waals surface area contributed by atoms with Gasteiger partial charge in [-0.15, -0.1) is 0 Å². The molecular formula is C22H22F2N4O3. The van der Waals surface area contributed by atoms with Crippen LogP contribution in [0.2, 0.25) is 0 Å². The molecule has 162 valence electrons. The molecule has 9 heteroatoms. The predicted octanol–water partition coefficient (Wildman–Crippen LogP) is 3.06. The minimum absolute atomic E-state index is 0.105. The van der Waals surface area contributed by atoms with Crippen LogP contribution in [0.15, 0.2) is 48.3 Å². The first-order chi connectivity index (χ1) is 14.9. The minimum Gasteiger partial charge on any atom is -0.489 e. The van der Waals surface area contributed by atoms with E-state index in [4.69, 9.17) is 4.74 Å². The lowest BCUT2D eigenvalue weighted by Gasteiger charge is -2.24. The Kier molecular flexibility index (Phi) is 5.77. The van der Waals surface area contributed by atoms with Crippen molar-refractivity contribution in [2.75, 3.05) is 11.9 Å². The average molecular weight is 428 g/mol. The Hall–Kier alpha value is -3.20. The van der Waals surface area contributed by atoms with Gasteiger partial charge in [0.05, 0.1) is 31.5 Å². The first-order valence-electron chi connectivity index (χ1n) is 9.92. The monoisotopic (exact) mass is 428 g/mol. The summed E-state index contributed by atoms with van der Waals surface area (Å²) in [6.45, 7) is 1.49. The molecule has 4 rings (SSSR count). The van der Waals surface area contributed by atoms with E-state index in [9.17, 15) is 18.7 Å². The van der Waals surface area contributed by atoms with Crippen molar-refractivity contribution >= 4 is 11.7 Å². The van der Waals surface area contributed by atoms with Gasteiger partial charge in [0.1, 0.15) is 29.3 Å². The summed E-state index contributed by atoms with van der Waals surface area (Å²) in [7, 11) is 0. The number of carbonyl (C=O) groups is 1. The molecule has 0 spiro atoms. The lowest BCUT2D eigenvalue weighted by atomic mass is 9.86. The quantitative estimate of drug-likeness (QED) is 0.704. The van der Waals surface area contributed by atoms with Crippen LogP contribution in [0.3, 0.4) is 0 Å². The Morgan fingerprint density at radius 3 is 2.90 bits per heavy atom. The zero-order valence-electron chi connectivity index (χ0n) is 16.9. The number of amides is 1. The van der Waals surface area contributed by atoms with E-state index in [2.05, 4.69) is 20.3 Å². The van der Waals surface area contributed by atoms with E-state index in [0.29, 0.717) is 23.7 Å². The summed E-state index contributed by atoms with van der Waals surface area (Å²) < 4.78 is 33.1. The van der Waals surface area contributed by atoms with Crippen LogP contribution in [0.25, 0.3) is 0 Å². The third-order valence-corrected chi connectivity index (χ3v) is 5.63. The fourth-order valence-corrected chi connectivity index (χ4v) is 3.87. The van der Waals surface area contributed by atoms with Gasteiger partial charge in [-0.2, -0.15) is 0 Å². The van der Waals surface area contributed by atoms with Crippen molar-refractivity contribution in [3.63, 3.8) is 0 Å². The maximum atomic E-state index is 14.1. The smallest absolute Gasteiger partial charge is 0.229 e. The van der Waals surface area contributed by atoms with E-state index in [0.717, 1.165) is 11.8 Å². The Bertz CT molecular complexity index is 1040. The van der Waals surface area contributed by atoms with Crippen molar-refractivity contribution in [2.24, 2.45) is 11.3 Å². The molecule has 1 saturated carbocycles. The number of hydrogen-bond acceptors (Lipinski definition) is 6. The molecule has 0 aliphatic heterocycles. The van der Waals surface area contributed by atoms with Gasteiger partial charge < -0.3 is 15.2 Å². The number of aliphatic hydroxyl groups is 1. The number of anilines is 1. The lowest BCUT2D eigenvalue weighted by molar-refractivity contribution is -0.118. The third kappa shape index (κ3) is 4.46. The van der Waals surface area contributed by atoms with E-state index < -0.39 is 23.3 Å². The standard InChI is InChI=1S/C22H22F2N4O3/c1-13-25-10-19(18(11-29)27-13)31-12-22(14-3-2-4-15(23)7-14)8-17(22)21(30)28-20-6-5-16(24)9-26-20/h2-6,9-10,15,17,29H,7-8,11-12H2,1H3,(H,26,28,30)/t15?,17-,22+/m0/s1. The number of rotatable bonds is 7. The van der Waals surface area contributed by atoms with Gasteiger partial charge in [0.2, 0.25) is 5.91 Å². The molecule has 7 nitrogen and oxygen atoms in total. The zero-order chi connectivity index (χ0) is 22.0. The predicted molar refractivity (Wildman–Crippen MR) is 108 cm³/mol. The molecule has 2 aromatic rings. The Morgan fingerprint density at radius 2 is 2.19 bits per heavy atom. The van der Waals surface area contributed by atoms with Crippen LogP contribution in [0.5, 0.6) is 5.75 Å². The molecule has 1 unspecified atom stereocenters. The highest BCUT2D eigenvalue weighted by Crippen LogP contribution is 2.60. The van der Waals surface area contributed by atoms with E-state index >= 15 is 0 Å². The Morgan fingerprint density at radius 1 is 1.35 bits per heavy atom. The fraction of sp³-hybridized carbons (Fsp3) is 0.364. The molecule has 0 saturated heterocycles. The Labute approximate surface area is 177 Å². The van der Waals surface area contributed by atoms with Crippen LogP contribution in [0.4, 0.5) is 14.6 Å². The van der Waals surface area contributed by atoms with Crippen molar-refractivity contribution in [1.82, 2.24) is 15.0 Å². The summed E-state index contributed by atoms with van der Waals surface area (Å²) in [5, 5.41) is 12.2. The van der Waals surface area contributed by atoms with Crippen molar-refractivity contribution in [2.45, 2.75) is 32.5 Å². The number of aryl methyl sites for hydroxylation is 1. The first-order valence-corrected chi connectivity index (χ1v) is 9.92. The van der Waals surface area contributed by atoms with Crippen molar-refractivity contribution < 1.29 is 23.4 Å². The van der Waals surface area contributed by atoms with Gasteiger partial charge in [-0.05, 0) is 25.5 Å². The number of nitrogens with zero attached hydrogens (tertiary/aromatic N) is 3. The average Bonchev–Trinajstić information content (AvgIpc) is 3.50. The molecule has 31 heavy (non-hydrogen) atoms. The van der Waals surface area contributed by atoms with E-state index in [1.54, 1.807) is 13.0 Å². The van der Waals surface area contributed by atoms with Gasteiger partial charge in [-0.3, -0.25) is 4.79 Å². The van der Waals surface area contributed by atoms with Gasteiger partial charge in [0, 0.05) is 11.8 Å². The number of hydrogen-bond donors (Lipinski definition) is 2. The summed E-state index contributed by atoms with van der Waals surface area (Å²) in [5.41, 5.74) is 0.436. The van der Waals surface area contributed by atoms with Gasteiger partial charge in [-0.1, -0.05) is 23.8 Å². The lowest BCUT2D eigenvalue weighted by Crippen LogP contribution is -2.27. The molecule has 2 aliphatic rings. The number of halogens is 2. The SMILES string of the molecule is Cc1ncc(OC[C@@]2(C3=CC=CC(F)C3)C[C@H]2C(=O)Nc2ccc(F)cn2)c(CO)n1. The van der Waals surface area contributed by atoms with Gasteiger partial charge in [0.25, 0.3) is 0 Å². The van der Waals surface area contributed by atoms with Crippen molar-refractivity contribution in [3.05, 3.63) is 65.7 Å². The normalized spacial score (nSPS) is 24.5. The number of aliphatic hydroxyl groups excluding tert-OH is 1. The number of ether oxygens (including phenoxy) is 1. The van der Waals surface area contributed by atoms with Crippen LogP contribution < -0.4 is 10.1 Å². The maximum Gasteiger partial charge on any atom is 0.229 e. The number of nitrogens with one attached hydrogen (secondary N) is 1. The molecule has 0 radical (unpaired) electrons. The van der Waals surface area contributed by atoms with E-state index in [-0.39, 0.29) is 31.4 Å². The molecular weight excluding hydrogens is 406 g/mol. The first kappa shape index (κ1) is 21.0. The van der Waals surface area contributed by atoms with Crippen LogP contribution in [-0.2, 0) is 11.4 Å². The molecule has 2 aliphatic carbocycles. The number of allylic oxidation sites excluding steroid dienone is 3. The number of carbonyl (C=O) groups excluding carboxylic acids is 1. The van der Waals surface area contributed by atoms with Gasteiger partial charge in [-0.25, -0.2) is 23.7 Å². The molecule has 3 atom stereocenters. The second-order valence-corrected chi connectivity index (χ2v) is 7.74. The van der Waals surface area contributed by atoms with E-state index in [1.807, 2.05) is 6.08 Å². The number of pyridine rings is 1. The van der Waals surface area contributed by atoms with Gasteiger partial charge in [0.15, 0.2) is 5.75 Å². The molecule has 2 aromatic heterocycles. The fourth-order valence-electron chi connectivity index (χ4n) is 3.87. The van der Waals surface area contributed by atoms with Crippen LogP contribution in [0, 0.1) is 24.1 Å². The summed E-state index contributed by atoms with van der Waals surface area (Å²) in [5.74, 6) is -0.197. The van der Waals surface area contributed by atoms with E-state index in [1.165, 1.54) is 24.4 Å². The highest BCUT2D eigenvalue weighted by Gasteiger charge is 2.61. The van der Waals surface area contributed by atoms with Crippen LogP contribution in [0.1, 0.15) is 24.4 Å². The largest absolute Gasteiger partial charge is 0.489 e. The highest BCUT2D eigenvalue weighted by atomic mass is 19.1. The van der Waals surface area contributed by atoms with Crippen molar-refractivity contribution in [1.29, 1.82) is 0 Å². The summed E-state index contributed by atoms with van der Waals surface area (Å²) >= 11 is 0. The number of alkyl halides is 1. The van der Waals surface area contributed by atoms with Crippen LogP contribution >= 0.6 is 0 Å². The van der Waals surface area contributed by atoms with Gasteiger partial charge >= 0.3 is 0 Å². The molecule has 1 amide bonds. The molecule has 1 fully saturated rings. The van der Waals surface area contributed by atoms with Crippen molar-refractivity contribution in [3.8, 4) is 5.75 Å². The molecule has 2 heterocycles. The van der Waals surface area contributed by atoms with Crippen LogP contribution in [-0.4, -0.2) is 38.7 Å². The number of aromatic nitrogens is 3. The minimum atomic E-state index is -1.13.